The van der Waals surface area contributed by atoms with Crippen LogP contribution >= 0.6 is 0 Å². The molecule has 0 aliphatic rings. The first-order valence-corrected chi connectivity index (χ1v) is 6.93. The van der Waals surface area contributed by atoms with Crippen LogP contribution in [0.15, 0.2) is 36.5 Å². The number of aromatic nitrogens is 2. The Morgan fingerprint density at radius 2 is 2.14 bits per heavy atom. The van der Waals surface area contributed by atoms with E-state index in [0.29, 0.717) is 13.0 Å². The highest BCUT2D eigenvalue weighted by atomic mass is 19.1. The van der Waals surface area contributed by atoms with Gasteiger partial charge in [0.05, 0.1) is 18.0 Å². The average Bonchev–Trinajstić information content (AvgIpc) is 2.97. The summed E-state index contributed by atoms with van der Waals surface area (Å²) in [5, 5.41) is 7.10. The molecule has 1 unspecified atom stereocenters. The molecule has 1 aromatic carbocycles. The summed E-state index contributed by atoms with van der Waals surface area (Å²) in [7, 11) is 1.50. The Kier molecular flexibility index (Phi) is 5.62. The van der Waals surface area contributed by atoms with Crippen LogP contribution < -0.4 is 11.1 Å². The third-order valence-electron chi connectivity index (χ3n) is 3.10. The minimum atomic E-state index is -0.665. The van der Waals surface area contributed by atoms with Gasteiger partial charge in [-0.1, -0.05) is 0 Å². The molecule has 118 valence electrons. The van der Waals surface area contributed by atoms with Gasteiger partial charge in [-0.3, -0.25) is 4.79 Å². The first-order valence-electron chi connectivity index (χ1n) is 6.93. The van der Waals surface area contributed by atoms with E-state index in [1.807, 2.05) is 6.07 Å². The maximum absolute atomic E-state index is 12.9. The van der Waals surface area contributed by atoms with Crippen molar-refractivity contribution < 1.29 is 13.9 Å². The topological polar surface area (TPSA) is 82.2 Å². The molecule has 1 amide bonds. The molecule has 3 N–H and O–H groups in total. The van der Waals surface area contributed by atoms with Crippen LogP contribution in [0.25, 0.3) is 5.69 Å². The molecule has 0 aliphatic carbocycles. The highest BCUT2D eigenvalue weighted by molar-refractivity contribution is 5.81. The standard InChI is InChI=1S/C15H19FN4O2/c1-22-10-14(17)15(21)18-8-6-12-7-9-20(19-12)13-4-2-11(16)3-5-13/h2-5,7,9,14H,6,8,10,17H2,1H3,(H,18,21). The number of hydrogen-bond donors (Lipinski definition) is 2. The Labute approximate surface area is 128 Å². The fraction of sp³-hybridized carbons (Fsp3) is 0.333. The minimum Gasteiger partial charge on any atom is -0.383 e. The number of rotatable bonds is 7. The van der Waals surface area contributed by atoms with Crippen LogP contribution in [0.3, 0.4) is 0 Å². The van der Waals surface area contributed by atoms with E-state index in [0.717, 1.165) is 11.4 Å². The Morgan fingerprint density at radius 3 is 2.82 bits per heavy atom. The van der Waals surface area contributed by atoms with Crippen molar-refractivity contribution in [2.45, 2.75) is 12.5 Å². The van der Waals surface area contributed by atoms with Gasteiger partial charge >= 0.3 is 0 Å². The number of ether oxygens (including phenoxy) is 1. The molecule has 0 aliphatic heterocycles. The number of nitrogens with two attached hydrogens (primary N) is 1. The SMILES string of the molecule is COCC(N)C(=O)NCCc1ccn(-c2ccc(F)cc2)n1. The Bertz CT molecular complexity index is 612. The maximum atomic E-state index is 12.9. The lowest BCUT2D eigenvalue weighted by molar-refractivity contribution is -0.123. The highest BCUT2D eigenvalue weighted by Crippen LogP contribution is 2.09. The molecular formula is C15H19FN4O2. The Morgan fingerprint density at radius 1 is 1.41 bits per heavy atom. The van der Waals surface area contributed by atoms with E-state index in [1.54, 1.807) is 23.0 Å². The fourth-order valence-electron chi connectivity index (χ4n) is 1.93. The highest BCUT2D eigenvalue weighted by Gasteiger charge is 2.12. The normalized spacial score (nSPS) is 12.1. The molecular weight excluding hydrogens is 287 g/mol. The summed E-state index contributed by atoms with van der Waals surface area (Å²) in [6.45, 7) is 0.627. The van der Waals surface area contributed by atoms with E-state index in [4.69, 9.17) is 10.5 Å². The van der Waals surface area contributed by atoms with Crippen molar-refractivity contribution in [3.8, 4) is 5.69 Å². The number of halogens is 1. The third kappa shape index (κ3) is 4.37. The molecule has 0 saturated heterocycles. The number of carbonyl (C=O) groups excluding carboxylic acids is 1. The van der Waals surface area contributed by atoms with Crippen LogP contribution in [0.2, 0.25) is 0 Å². The molecule has 2 rings (SSSR count). The zero-order valence-corrected chi connectivity index (χ0v) is 12.3. The second kappa shape index (κ2) is 7.67. The van der Waals surface area contributed by atoms with Crippen molar-refractivity contribution in [1.29, 1.82) is 0 Å². The van der Waals surface area contributed by atoms with Crippen molar-refractivity contribution in [2.24, 2.45) is 5.73 Å². The quantitative estimate of drug-likeness (QED) is 0.786. The van der Waals surface area contributed by atoms with Crippen molar-refractivity contribution >= 4 is 5.91 Å². The van der Waals surface area contributed by atoms with Crippen molar-refractivity contribution in [3.05, 3.63) is 48.0 Å². The van der Waals surface area contributed by atoms with E-state index < -0.39 is 6.04 Å². The summed E-state index contributed by atoms with van der Waals surface area (Å²) < 4.78 is 19.4. The number of carbonyl (C=O) groups is 1. The average molecular weight is 306 g/mol. The van der Waals surface area contributed by atoms with Gasteiger partial charge in [0.15, 0.2) is 0 Å². The molecule has 6 nitrogen and oxygen atoms in total. The zero-order valence-electron chi connectivity index (χ0n) is 12.3. The first kappa shape index (κ1) is 16.1. The smallest absolute Gasteiger partial charge is 0.239 e. The van der Waals surface area contributed by atoms with Crippen molar-refractivity contribution in [1.82, 2.24) is 15.1 Å². The van der Waals surface area contributed by atoms with E-state index in [1.165, 1.54) is 19.2 Å². The van der Waals surface area contributed by atoms with Crippen molar-refractivity contribution in [3.63, 3.8) is 0 Å². The van der Waals surface area contributed by atoms with Gasteiger partial charge in [0.25, 0.3) is 0 Å². The van der Waals surface area contributed by atoms with Gasteiger partial charge in [-0.25, -0.2) is 9.07 Å². The molecule has 1 aromatic heterocycles. The number of nitrogens with one attached hydrogen (secondary N) is 1. The lowest BCUT2D eigenvalue weighted by atomic mass is 10.3. The van der Waals surface area contributed by atoms with Gasteiger partial charge < -0.3 is 15.8 Å². The number of hydrogen-bond acceptors (Lipinski definition) is 4. The minimum absolute atomic E-state index is 0.186. The lowest BCUT2D eigenvalue weighted by Crippen LogP contribution is -2.44. The van der Waals surface area contributed by atoms with E-state index in [-0.39, 0.29) is 18.3 Å². The predicted molar refractivity (Wildman–Crippen MR) is 80.1 cm³/mol. The molecule has 7 heteroatoms. The van der Waals surface area contributed by atoms with Gasteiger partial charge in [-0.15, -0.1) is 0 Å². The molecule has 1 heterocycles. The van der Waals surface area contributed by atoms with Gasteiger partial charge in [0, 0.05) is 26.3 Å². The van der Waals surface area contributed by atoms with E-state index >= 15 is 0 Å². The second-order valence-corrected chi connectivity index (χ2v) is 4.83. The number of benzene rings is 1. The molecule has 0 fully saturated rings. The van der Waals surface area contributed by atoms with Crippen LogP contribution in [0.1, 0.15) is 5.69 Å². The Hall–Kier alpha value is -2.25. The molecule has 0 spiro atoms. The van der Waals surface area contributed by atoms with Crippen LogP contribution in [0.4, 0.5) is 4.39 Å². The molecule has 0 saturated carbocycles. The fourth-order valence-corrected chi connectivity index (χ4v) is 1.93. The summed E-state index contributed by atoms with van der Waals surface area (Å²) >= 11 is 0. The summed E-state index contributed by atoms with van der Waals surface area (Å²) in [4.78, 5) is 11.6. The van der Waals surface area contributed by atoms with Crippen molar-refractivity contribution in [2.75, 3.05) is 20.3 Å². The van der Waals surface area contributed by atoms with Gasteiger partial charge in [-0.05, 0) is 30.3 Å². The van der Waals surface area contributed by atoms with Crippen LogP contribution in [0.5, 0.6) is 0 Å². The van der Waals surface area contributed by atoms with E-state index in [9.17, 15) is 9.18 Å². The zero-order chi connectivity index (χ0) is 15.9. The number of amides is 1. The monoisotopic (exact) mass is 306 g/mol. The first-order chi connectivity index (χ1) is 10.6. The summed E-state index contributed by atoms with van der Waals surface area (Å²) in [5.41, 5.74) is 7.21. The van der Waals surface area contributed by atoms with E-state index in [2.05, 4.69) is 10.4 Å². The van der Waals surface area contributed by atoms with Crippen LogP contribution in [-0.2, 0) is 16.0 Å². The summed E-state index contributed by atoms with van der Waals surface area (Å²) in [5.74, 6) is -0.536. The summed E-state index contributed by atoms with van der Waals surface area (Å²) in [6.07, 6.45) is 2.38. The number of methoxy groups -OCH3 is 1. The predicted octanol–water partition coefficient (Wildman–Crippen LogP) is 0.644. The molecule has 1 atom stereocenters. The van der Waals surface area contributed by atoms with Crippen LogP contribution in [0, 0.1) is 5.82 Å². The molecule has 2 aromatic rings. The largest absolute Gasteiger partial charge is 0.383 e. The van der Waals surface area contributed by atoms with Gasteiger partial charge in [0.1, 0.15) is 11.9 Å². The second-order valence-electron chi connectivity index (χ2n) is 4.83. The van der Waals surface area contributed by atoms with Gasteiger partial charge in [-0.2, -0.15) is 5.10 Å². The summed E-state index contributed by atoms with van der Waals surface area (Å²) in [6, 6.07) is 7.25. The Balaban J connectivity index is 1.85. The van der Waals surface area contributed by atoms with Gasteiger partial charge in [0.2, 0.25) is 5.91 Å². The van der Waals surface area contributed by atoms with Crippen LogP contribution in [-0.4, -0.2) is 42.0 Å². The lowest BCUT2D eigenvalue weighted by Gasteiger charge is -2.10. The number of nitrogens with zero attached hydrogens (tertiary/aromatic N) is 2. The molecule has 0 radical (unpaired) electrons. The maximum Gasteiger partial charge on any atom is 0.239 e. The third-order valence-corrected chi connectivity index (χ3v) is 3.10. The molecule has 22 heavy (non-hydrogen) atoms. The molecule has 0 bridgehead atoms.